The van der Waals surface area contributed by atoms with Crippen LogP contribution in [-0.4, -0.2) is 0 Å². The molecule has 0 spiro atoms. The first-order chi connectivity index (χ1) is 9.83. The van der Waals surface area contributed by atoms with Crippen LogP contribution in [0, 0.1) is 0 Å². The predicted octanol–water partition coefficient (Wildman–Crippen LogP) is 5.66. The molecule has 0 amide bonds. The number of benzene rings is 2. The van der Waals surface area contributed by atoms with Crippen molar-refractivity contribution in [1.29, 1.82) is 0 Å². The SMILES string of the molecule is BrC(c1ccc2oc3ccccc3c2c1)c1ccco1. The van der Waals surface area contributed by atoms with Crippen LogP contribution in [0.3, 0.4) is 0 Å². The third-order valence-electron chi connectivity index (χ3n) is 3.49. The molecule has 2 aromatic carbocycles. The first kappa shape index (κ1) is 11.8. The van der Waals surface area contributed by atoms with E-state index < -0.39 is 0 Å². The second-order valence-corrected chi connectivity index (χ2v) is 5.65. The minimum Gasteiger partial charge on any atom is -0.468 e. The summed E-state index contributed by atoms with van der Waals surface area (Å²) in [6.45, 7) is 0. The smallest absolute Gasteiger partial charge is 0.135 e. The standard InChI is InChI=1S/C17H11BrO2/c18-17(16-6-3-9-19-16)11-7-8-15-13(10-11)12-4-1-2-5-14(12)20-15/h1-10,17H. The van der Waals surface area contributed by atoms with Crippen molar-refractivity contribution in [2.75, 3.05) is 0 Å². The zero-order valence-corrected chi connectivity index (χ0v) is 12.1. The topological polar surface area (TPSA) is 26.3 Å². The summed E-state index contributed by atoms with van der Waals surface area (Å²) in [6, 6.07) is 18.2. The summed E-state index contributed by atoms with van der Waals surface area (Å²) in [5, 5.41) is 2.28. The minimum absolute atomic E-state index is 0.0514. The van der Waals surface area contributed by atoms with Crippen LogP contribution in [-0.2, 0) is 0 Å². The van der Waals surface area contributed by atoms with Crippen LogP contribution >= 0.6 is 15.9 Å². The molecule has 0 saturated heterocycles. The Morgan fingerprint density at radius 1 is 0.850 bits per heavy atom. The number of alkyl halides is 1. The molecule has 2 aromatic heterocycles. The van der Waals surface area contributed by atoms with Gasteiger partial charge in [-0.15, -0.1) is 0 Å². The van der Waals surface area contributed by atoms with Gasteiger partial charge in [-0.3, -0.25) is 0 Å². The van der Waals surface area contributed by atoms with Gasteiger partial charge < -0.3 is 8.83 Å². The van der Waals surface area contributed by atoms with E-state index in [9.17, 15) is 0 Å². The van der Waals surface area contributed by atoms with Crippen molar-refractivity contribution in [3.8, 4) is 0 Å². The first-order valence-electron chi connectivity index (χ1n) is 6.41. The van der Waals surface area contributed by atoms with Crippen LogP contribution in [0.4, 0.5) is 0 Å². The van der Waals surface area contributed by atoms with Crippen molar-refractivity contribution in [1.82, 2.24) is 0 Å². The highest BCUT2D eigenvalue weighted by atomic mass is 79.9. The molecule has 0 aliphatic rings. The van der Waals surface area contributed by atoms with Crippen molar-refractivity contribution >= 4 is 37.9 Å². The van der Waals surface area contributed by atoms with Gasteiger partial charge in [0.25, 0.3) is 0 Å². The number of hydrogen-bond acceptors (Lipinski definition) is 2. The summed E-state index contributed by atoms with van der Waals surface area (Å²) in [7, 11) is 0. The van der Waals surface area contributed by atoms with Gasteiger partial charge in [0.2, 0.25) is 0 Å². The second-order valence-electron chi connectivity index (χ2n) is 4.73. The average Bonchev–Trinajstić information content (AvgIpc) is 3.13. The fourth-order valence-electron chi connectivity index (χ4n) is 2.50. The number of furan rings is 2. The molecule has 4 aromatic rings. The monoisotopic (exact) mass is 326 g/mol. The van der Waals surface area contributed by atoms with Crippen LogP contribution in [0.1, 0.15) is 16.2 Å². The van der Waals surface area contributed by atoms with Crippen LogP contribution < -0.4 is 0 Å². The van der Waals surface area contributed by atoms with Gasteiger partial charge in [0.05, 0.1) is 11.1 Å². The number of hydrogen-bond donors (Lipinski definition) is 0. The van der Waals surface area contributed by atoms with Crippen LogP contribution in [0.15, 0.2) is 69.7 Å². The second kappa shape index (κ2) is 4.53. The Balaban J connectivity index is 1.91. The lowest BCUT2D eigenvalue weighted by Gasteiger charge is -2.07. The molecule has 20 heavy (non-hydrogen) atoms. The molecular weight excluding hydrogens is 316 g/mol. The molecule has 98 valence electrons. The molecule has 0 saturated carbocycles. The first-order valence-corrected chi connectivity index (χ1v) is 7.33. The molecule has 2 heterocycles. The van der Waals surface area contributed by atoms with E-state index in [0.717, 1.165) is 33.3 Å². The summed E-state index contributed by atoms with van der Waals surface area (Å²) in [6.07, 6.45) is 1.69. The predicted molar refractivity (Wildman–Crippen MR) is 83.2 cm³/mol. The Morgan fingerprint density at radius 3 is 2.55 bits per heavy atom. The lowest BCUT2D eigenvalue weighted by atomic mass is 10.1. The Kier molecular flexibility index (Phi) is 2.67. The van der Waals surface area contributed by atoms with Gasteiger partial charge in [0, 0.05) is 10.8 Å². The van der Waals surface area contributed by atoms with Crippen molar-refractivity contribution in [3.63, 3.8) is 0 Å². The van der Waals surface area contributed by atoms with Crippen LogP contribution in [0.25, 0.3) is 21.9 Å². The molecule has 0 bridgehead atoms. The van der Waals surface area contributed by atoms with Gasteiger partial charge in [-0.25, -0.2) is 0 Å². The van der Waals surface area contributed by atoms with Crippen LogP contribution in [0.5, 0.6) is 0 Å². The van der Waals surface area contributed by atoms with Gasteiger partial charge >= 0.3 is 0 Å². The third-order valence-corrected chi connectivity index (χ3v) is 4.47. The van der Waals surface area contributed by atoms with Gasteiger partial charge in [-0.1, -0.05) is 40.2 Å². The maximum Gasteiger partial charge on any atom is 0.135 e. The molecule has 0 fully saturated rings. The summed E-state index contributed by atoms with van der Waals surface area (Å²) >= 11 is 3.69. The summed E-state index contributed by atoms with van der Waals surface area (Å²) in [5.74, 6) is 0.900. The fourth-order valence-corrected chi connectivity index (χ4v) is 3.05. The van der Waals surface area contributed by atoms with E-state index in [0.29, 0.717) is 0 Å². The molecular formula is C17H11BrO2. The lowest BCUT2D eigenvalue weighted by molar-refractivity contribution is 0.520. The van der Waals surface area contributed by atoms with E-state index in [1.54, 1.807) is 6.26 Å². The molecule has 3 heteroatoms. The Hall–Kier alpha value is -2.00. The van der Waals surface area contributed by atoms with Crippen LogP contribution in [0.2, 0.25) is 0 Å². The van der Waals surface area contributed by atoms with Crippen molar-refractivity contribution in [2.24, 2.45) is 0 Å². The van der Waals surface area contributed by atoms with E-state index in [2.05, 4.69) is 34.1 Å². The molecule has 4 rings (SSSR count). The molecule has 0 N–H and O–H groups in total. The third kappa shape index (κ3) is 1.78. The maximum absolute atomic E-state index is 5.84. The number of halogens is 1. The van der Waals surface area contributed by atoms with E-state index >= 15 is 0 Å². The highest BCUT2D eigenvalue weighted by Gasteiger charge is 2.15. The van der Waals surface area contributed by atoms with Gasteiger partial charge in [0.15, 0.2) is 0 Å². The Labute approximate surface area is 124 Å². The van der Waals surface area contributed by atoms with Gasteiger partial charge in [-0.2, -0.15) is 0 Å². The number of para-hydroxylation sites is 1. The van der Waals surface area contributed by atoms with Gasteiger partial charge in [-0.05, 0) is 35.9 Å². The van der Waals surface area contributed by atoms with Crippen molar-refractivity contribution in [3.05, 3.63) is 72.2 Å². The van der Waals surface area contributed by atoms with Crippen molar-refractivity contribution in [2.45, 2.75) is 4.83 Å². The van der Waals surface area contributed by atoms with Gasteiger partial charge in [0.1, 0.15) is 16.9 Å². The maximum atomic E-state index is 5.84. The summed E-state index contributed by atoms with van der Waals surface area (Å²) in [5.41, 5.74) is 2.98. The normalized spacial score (nSPS) is 13.1. The highest BCUT2D eigenvalue weighted by molar-refractivity contribution is 9.09. The number of fused-ring (bicyclic) bond motifs is 3. The number of rotatable bonds is 2. The Morgan fingerprint density at radius 2 is 1.70 bits per heavy atom. The van der Waals surface area contributed by atoms with E-state index in [-0.39, 0.29) is 4.83 Å². The Bertz CT molecular complexity index is 874. The molecule has 0 radical (unpaired) electrons. The fraction of sp³-hybridized carbons (Fsp3) is 0.0588. The summed E-state index contributed by atoms with van der Waals surface area (Å²) in [4.78, 5) is 0.0514. The van der Waals surface area contributed by atoms with Crippen molar-refractivity contribution < 1.29 is 8.83 Å². The molecule has 1 unspecified atom stereocenters. The van der Waals surface area contributed by atoms with E-state index in [1.165, 1.54) is 0 Å². The molecule has 0 aliphatic heterocycles. The quantitative estimate of drug-likeness (QED) is 0.444. The average molecular weight is 327 g/mol. The highest BCUT2D eigenvalue weighted by Crippen LogP contribution is 2.35. The largest absolute Gasteiger partial charge is 0.468 e. The minimum atomic E-state index is 0.0514. The summed E-state index contributed by atoms with van der Waals surface area (Å²) < 4.78 is 11.3. The lowest BCUT2D eigenvalue weighted by Crippen LogP contribution is -1.89. The molecule has 0 aliphatic carbocycles. The van der Waals surface area contributed by atoms with E-state index in [1.807, 2.05) is 36.4 Å². The molecule has 2 nitrogen and oxygen atoms in total. The zero-order valence-electron chi connectivity index (χ0n) is 10.5. The van der Waals surface area contributed by atoms with E-state index in [4.69, 9.17) is 8.83 Å². The zero-order chi connectivity index (χ0) is 13.5. The molecule has 1 atom stereocenters.